The third-order valence-electron chi connectivity index (χ3n) is 5.59. The second-order valence-electron chi connectivity index (χ2n) is 8.01. The third-order valence-corrected chi connectivity index (χ3v) is 7.63. The van der Waals surface area contributed by atoms with Crippen LogP contribution in [0, 0.1) is 6.92 Å². The molecule has 0 fully saturated rings. The zero-order valence-corrected chi connectivity index (χ0v) is 20.7. The monoisotopic (exact) mass is 494 g/mol. The minimum atomic E-state index is -3.77. The van der Waals surface area contributed by atoms with Gasteiger partial charge < -0.3 is 9.47 Å². The van der Waals surface area contributed by atoms with Crippen LogP contribution in [-0.2, 0) is 20.3 Å². The summed E-state index contributed by atoms with van der Waals surface area (Å²) in [4.78, 5) is 12.7. The zero-order valence-electron chi connectivity index (χ0n) is 19.9. The van der Waals surface area contributed by atoms with Crippen LogP contribution in [0.25, 0.3) is 17.1 Å². The number of hydrogen-bond donors (Lipinski definition) is 0. The van der Waals surface area contributed by atoms with Gasteiger partial charge in [-0.05, 0) is 37.6 Å². The predicted molar refractivity (Wildman–Crippen MR) is 130 cm³/mol. The van der Waals surface area contributed by atoms with Crippen molar-refractivity contribution in [3.05, 3.63) is 78.4 Å². The summed E-state index contributed by atoms with van der Waals surface area (Å²) in [7, 11) is -0.838. The molecule has 0 saturated carbocycles. The zero-order chi connectivity index (χ0) is 25.0. The quantitative estimate of drug-likeness (QED) is 0.345. The highest BCUT2D eigenvalue weighted by Crippen LogP contribution is 2.28. The predicted octanol–water partition coefficient (Wildman–Crippen LogP) is 3.13. The van der Waals surface area contributed by atoms with Crippen LogP contribution in [0.3, 0.4) is 0 Å². The minimum Gasteiger partial charge on any atom is -0.494 e. The van der Waals surface area contributed by atoms with E-state index < -0.39 is 21.2 Å². The Hall–Kier alpha value is -3.70. The van der Waals surface area contributed by atoms with Crippen LogP contribution in [0.2, 0.25) is 0 Å². The number of pyridine rings is 1. The Balaban J connectivity index is 1.71. The van der Waals surface area contributed by atoms with Crippen molar-refractivity contribution >= 4 is 9.84 Å². The fourth-order valence-electron chi connectivity index (χ4n) is 3.71. The number of sulfone groups is 1. The molecular weight excluding hydrogens is 468 g/mol. The van der Waals surface area contributed by atoms with Crippen LogP contribution in [0.15, 0.2) is 61.2 Å². The van der Waals surface area contributed by atoms with Gasteiger partial charge in [0.1, 0.15) is 11.9 Å². The number of aromatic nitrogens is 6. The summed E-state index contributed by atoms with van der Waals surface area (Å²) in [6.07, 6.45) is 5.49. The molecule has 4 aromatic rings. The van der Waals surface area contributed by atoms with Gasteiger partial charge in [-0.2, -0.15) is 0 Å². The van der Waals surface area contributed by atoms with E-state index in [1.807, 2.05) is 43.3 Å². The minimum absolute atomic E-state index is 0.250. The lowest BCUT2D eigenvalue weighted by Crippen LogP contribution is -2.30. The van der Waals surface area contributed by atoms with Crippen molar-refractivity contribution < 1.29 is 17.9 Å². The van der Waals surface area contributed by atoms with Gasteiger partial charge in [0.25, 0.3) is 0 Å². The lowest BCUT2D eigenvalue weighted by molar-refractivity contribution is 0.0946. The molecule has 0 aliphatic carbocycles. The lowest BCUT2D eigenvalue weighted by atomic mass is 10.2. The highest BCUT2D eigenvalue weighted by atomic mass is 32.2. The summed E-state index contributed by atoms with van der Waals surface area (Å²) >= 11 is 0. The van der Waals surface area contributed by atoms with Crippen LogP contribution in [0.1, 0.15) is 30.2 Å². The number of hydrogen-bond acceptors (Lipinski definition) is 9. The standard InChI is InChI=1S/C24H26N6O4S/c1-16-10-18(12-25-11-16)24-29-28-21(30(24)19-8-6-5-7-9-19)15-35(31,32)17(2)22(34-4)23-26-13-20(33-3)14-27-23/h5-14,17,22H,15H2,1-4H3/t17-,22-/m0/s1. The average Bonchev–Trinajstić information content (AvgIpc) is 3.28. The molecule has 0 N–H and O–H groups in total. The lowest BCUT2D eigenvalue weighted by Gasteiger charge is -2.21. The van der Waals surface area contributed by atoms with Gasteiger partial charge in [-0.15, -0.1) is 10.2 Å². The van der Waals surface area contributed by atoms with E-state index in [9.17, 15) is 8.42 Å². The van der Waals surface area contributed by atoms with Gasteiger partial charge in [-0.3, -0.25) is 9.55 Å². The van der Waals surface area contributed by atoms with Gasteiger partial charge in [0.15, 0.2) is 33.1 Å². The van der Waals surface area contributed by atoms with Gasteiger partial charge in [0.05, 0.1) is 24.8 Å². The molecule has 11 heteroatoms. The Morgan fingerprint density at radius 1 is 1.00 bits per heavy atom. The van der Waals surface area contributed by atoms with Crippen LogP contribution in [0.5, 0.6) is 5.75 Å². The largest absolute Gasteiger partial charge is 0.494 e. The molecule has 1 aromatic carbocycles. The molecule has 2 atom stereocenters. The first-order valence-electron chi connectivity index (χ1n) is 10.9. The molecule has 182 valence electrons. The van der Waals surface area contributed by atoms with E-state index in [2.05, 4.69) is 25.1 Å². The Kier molecular flexibility index (Phi) is 7.17. The van der Waals surface area contributed by atoms with Crippen molar-refractivity contribution in [3.63, 3.8) is 0 Å². The number of rotatable bonds is 9. The molecular formula is C24H26N6O4S. The van der Waals surface area contributed by atoms with E-state index in [0.29, 0.717) is 11.6 Å². The number of para-hydroxylation sites is 1. The van der Waals surface area contributed by atoms with Gasteiger partial charge in [-0.25, -0.2) is 18.4 Å². The highest BCUT2D eigenvalue weighted by molar-refractivity contribution is 7.91. The SMILES string of the molecule is COc1cnc([C@@H](OC)[C@H](C)S(=O)(=O)Cc2nnc(-c3cncc(C)c3)n2-c2ccccc2)nc1. The first-order chi connectivity index (χ1) is 16.8. The first kappa shape index (κ1) is 24.4. The van der Waals surface area contributed by atoms with Crippen molar-refractivity contribution in [3.8, 4) is 22.8 Å². The van der Waals surface area contributed by atoms with Gasteiger partial charge >= 0.3 is 0 Å². The molecule has 0 amide bonds. The normalized spacial score (nSPS) is 13.4. The molecule has 0 bridgehead atoms. The average molecular weight is 495 g/mol. The molecule has 0 aliphatic heterocycles. The summed E-state index contributed by atoms with van der Waals surface area (Å²) in [5.74, 6) is 1.15. The molecule has 0 radical (unpaired) electrons. The topological polar surface area (TPSA) is 122 Å². The van der Waals surface area contributed by atoms with Crippen LogP contribution in [-0.4, -0.2) is 57.6 Å². The Bertz CT molecular complexity index is 1390. The van der Waals surface area contributed by atoms with Crippen molar-refractivity contribution in [2.24, 2.45) is 0 Å². The number of methoxy groups -OCH3 is 2. The van der Waals surface area contributed by atoms with E-state index >= 15 is 0 Å². The van der Waals surface area contributed by atoms with Crippen molar-refractivity contribution in [2.75, 3.05) is 14.2 Å². The third kappa shape index (κ3) is 5.20. The number of aryl methyl sites for hydroxylation is 1. The Labute approximate surface area is 203 Å². The van der Waals surface area contributed by atoms with Crippen LogP contribution in [0.4, 0.5) is 0 Å². The van der Waals surface area contributed by atoms with Crippen molar-refractivity contribution in [1.29, 1.82) is 0 Å². The van der Waals surface area contributed by atoms with E-state index in [4.69, 9.17) is 9.47 Å². The molecule has 0 spiro atoms. The Morgan fingerprint density at radius 2 is 1.71 bits per heavy atom. The van der Waals surface area contributed by atoms with Crippen molar-refractivity contribution in [1.82, 2.24) is 29.7 Å². The highest BCUT2D eigenvalue weighted by Gasteiger charge is 2.34. The molecule has 0 saturated heterocycles. The summed E-state index contributed by atoms with van der Waals surface area (Å²) in [5, 5.41) is 7.64. The molecule has 0 aliphatic rings. The maximum atomic E-state index is 13.5. The molecule has 10 nitrogen and oxygen atoms in total. The Morgan fingerprint density at radius 3 is 2.34 bits per heavy atom. The van der Waals surface area contributed by atoms with Gasteiger partial charge in [0.2, 0.25) is 0 Å². The van der Waals surface area contributed by atoms with E-state index in [0.717, 1.165) is 16.8 Å². The summed E-state index contributed by atoms with van der Waals surface area (Å²) in [6.45, 7) is 3.50. The molecule has 4 rings (SSSR count). The van der Waals surface area contributed by atoms with Crippen molar-refractivity contribution in [2.45, 2.75) is 31.0 Å². The second-order valence-corrected chi connectivity index (χ2v) is 10.4. The maximum absolute atomic E-state index is 13.5. The summed E-state index contributed by atoms with van der Waals surface area (Å²) < 4.78 is 39.4. The van der Waals surface area contributed by atoms with Crippen LogP contribution >= 0.6 is 0 Å². The van der Waals surface area contributed by atoms with Gasteiger partial charge in [-0.1, -0.05) is 18.2 Å². The summed E-state index contributed by atoms with van der Waals surface area (Å²) in [5.41, 5.74) is 2.43. The van der Waals surface area contributed by atoms with E-state index in [1.165, 1.54) is 26.6 Å². The molecule has 3 aromatic heterocycles. The maximum Gasteiger partial charge on any atom is 0.170 e. The fraction of sp³-hybridized carbons (Fsp3) is 0.292. The number of benzene rings is 1. The molecule has 0 unspecified atom stereocenters. The number of nitrogens with zero attached hydrogens (tertiary/aromatic N) is 6. The fourth-order valence-corrected chi connectivity index (χ4v) is 5.13. The van der Waals surface area contributed by atoms with E-state index in [1.54, 1.807) is 23.9 Å². The van der Waals surface area contributed by atoms with Crippen LogP contribution < -0.4 is 4.74 Å². The molecule has 35 heavy (non-hydrogen) atoms. The molecule has 3 heterocycles. The smallest absolute Gasteiger partial charge is 0.170 e. The summed E-state index contributed by atoms with van der Waals surface area (Å²) in [6, 6.07) is 11.3. The van der Waals surface area contributed by atoms with Gasteiger partial charge in [0, 0.05) is 30.8 Å². The second kappa shape index (κ2) is 10.3. The van der Waals surface area contributed by atoms with E-state index in [-0.39, 0.29) is 17.4 Å². The first-order valence-corrected chi connectivity index (χ1v) is 12.6. The number of ether oxygens (including phenoxy) is 2.